The standard InChI is InChI=1S/C17H16N4O4/c1-10(22)18-12-6-5-11(24-2)8-13(12)19-17(23)15-9-14(20-21-15)16-4-3-7-25-16/h3-9H,1-2H3,(H,18,22)(H,19,23)(H,20,21). The second-order valence-electron chi connectivity index (χ2n) is 5.19. The number of hydrogen-bond acceptors (Lipinski definition) is 5. The van der Waals surface area contributed by atoms with Crippen molar-refractivity contribution in [2.45, 2.75) is 6.92 Å². The van der Waals surface area contributed by atoms with Crippen LogP contribution in [0.2, 0.25) is 0 Å². The number of hydrogen-bond donors (Lipinski definition) is 3. The Morgan fingerprint density at radius 3 is 2.68 bits per heavy atom. The number of amides is 2. The van der Waals surface area contributed by atoms with E-state index in [1.165, 1.54) is 20.3 Å². The topological polar surface area (TPSA) is 109 Å². The number of H-pyrrole nitrogens is 1. The molecule has 1 aromatic carbocycles. The Hall–Kier alpha value is -3.55. The normalized spacial score (nSPS) is 10.3. The average molecular weight is 340 g/mol. The predicted molar refractivity (Wildman–Crippen MR) is 91.5 cm³/mol. The van der Waals surface area contributed by atoms with Gasteiger partial charge in [0, 0.05) is 19.1 Å². The van der Waals surface area contributed by atoms with Gasteiger partial charge < -0.3 is 19.8 Å². The number of carbonyl (C=O) groups is 2. The van der Waals surface area contributed by atoms with Crippen LogP contribution in [0.25, 0.3) is 11.5 Å². The molecule has 128 valence electrons. The smallest absolute Gasteiger partial charge is 0.276 e. The number of ether oxygens (including phenoxy) is 1. The summed E-state index contributed by atoms with van der Waals surface area (Å²) in [6.07, 6.45) is 1.53. The molecule has 0 bridgehead atoms. The Bertz CT molecular complexity index is 899. The van der Waals surface area contributed by atoms with E-state index in [2.05, 4.69) is 20.8 Å². The van der Waals surface area contributed by atoms with Crippen LogP contribution < -0.4 is 15.4 Å². The third kappa shape index (κ3) is 3.69. The molecule has 3 N–H and O–H groups in total. The zero-order chi connectivity index (χ0) is 17.8. The van der Waals surface area contributed by atoms with Gasteiger partial charge in [-0.05, 0) is 24.3 Å². The van der Waals surface area contributed by atoms with Crippen LogP contribution in [0.15, 0.2) is 47.1 Å². The molecule has 2 aromatic heterocycles. The van der Waals surface area contributed by atoms with Crippen molar-refractivity contribution in [2.75, 3.05) is 17.7 Å². The van der Waals surface area contributed by atoms with E-state index in [-0.39, 0.29) is 11.6 Å². The highest BCUT2D eigenvalue weighted by Crippen LogP contribution is 2.28. The van der Waals surface area contributed by atoms with Gasteiger partial charge in [0.25, 0.3) is 5.91 Å². The summed E-state index contributed by atoms with van der Waals surface area (Å²) < 4.78 is 10.4. The van der Waals surface area contributed by atoms with Gasteiger partial charge >= 0.3 is 0 Å². The summed E-state index contributed by atoms with van der Waals surface area (Å²) >= 11 is 0. The summed E-state index contributed by atoms with van der Waals surface area (Å²) in [5.41, 5.74) is 1.64. The molecule has 3 rings (SSSR count). The average Bonchev–Trinajstić information content (AvgIpc) is 3.27. The van der Waals surface area contributed by atoms with Crippen molar-refractivity contribution >= 4 is 23.2 Å². The molecule has 0 saturated heterocycles. The molecule has 8 nitrogen and oxygen atoms in total. The van der Waals surface area contributed by atoms with Crippen molar-refractivity contribution in [2.24, 2.45) is 0 Å². The van der Waals surface area contributed by atoms with E-state index in [9.17, 15) is 9.59 Å². The van der Waals surface area contributed by atoms with Crippen LogP contribution in [0, 0.1) is 0 Å². The number of anilines is 2. The Morgan fingerprint density at radius 2 is 2.00 bits per heavy atom. The number of furan rings is 1. The van der Waals surface area contributed by atoms with E-state index in [0.717, 1.165) is 0 Å². The van der Waals surface area contributed by atoms with Crippen molar-refractivity contribution < 1.29 is 18.7 Å². The summed E-state index contributed by atoms with van der Waals surface area (Å²) in [5, 5.41) is 12.1. The first-order valence-electron chi connectivity index (χ1n) is 7.43. The lowest BCUT2D eigenvalue weighted by molar-refractivity contribution is -0.114. The number of carbonyl (C=O) groups excluding carboxylic acids is 2. The second kappa shape index (κ2) is 6.91. The van der Waals surface area contributed by atoms with Gasteiger partial charge in [0.1, 0.15) is 11.4 Å². The van der Waals surface area contributed by atoms with E-state index in [1.54, 1.807) is 36.4 Å². The molecule has 0 aliphatic heterocycles. The number of nitrogens with one attached hydrogen (secondary N) is 3. The summed E-state index contributed by atoms with van der Waals surface area (Å²) in [5.74, 6) is 0.434. The van der Waals surface area contributed by atoms with E-state index < -0.39 is 5.91 Å². The fraction of sp³-hybridized carbons (Fsp3) is 0.118. The minimum atomic E-state index is -0.436. The number of aromatic amines is 1. The number of benzene rings is 1. The maximum Gasteiger partial charge on any atom is 0.276 e. The van der Waals surface area contributed by atoms with Crippen LogP contribution in [-0.4, -0.2) is 29.1 Å². The Morgan fingerprint density at radius 1 is 1.16 bits per heavy atom. The molecule has 25 heavy (non-hydrogen) atoms. The summed E-state index contributed by atoms with van der Waals surface area (Å²) in [6.45, 7) is 1.39. The molecular formula is C17H16N4O4. The van der Waals surface area contributed by atoms with Crippen LogP contribution >= 0.6 is 0 Å². The van der Waals surface area contributed by atoms with Crippen molar-refractivity contribution in [3.05, 3.63) is 48.4 Å². The van der Waals surface area contributed by atoms with Gasteiger partial charge in [-0.15, -0.1) is 0 Å². The lowest BCUT2D eigenvalue weighted by Gasteiger charge is -2.12. The highest BCUT2D eigenvalue weighted by Gasteiger charge is 2.15. The molecule has 0 atom stereocenters. The molecule has 2 heterocycles. The molecule has 2 amide bonds. The number of rotatable bonds is 5. The van der Waals surface area contributed by atoms with Gasteiger partial charge in [0.15, 0.2) is 11.5 Å². The monoisotopic (exact) mass is 340 g/mol. The van der Waals surface area contributed by atoms with Crippen LogP contribution in [0.4, 0.5) is 11.4 Å². The quantitative estimate of drug-likeness (QED) is 0.661. The summed E-state index contributed by atoms with van der Waals surface area (Å²) in [4.78, 5) is 23.8. The molecule has 8 heteroatoms. The lowest BCUT2D eigenvalue weighted by atomic mass is 10.2. The van der Waals surface area contributed by atoms with Gasteiger partial charge in [0.2, 0.25) is 5.91 Å². The zero-order valence-corrected chi connectivity index (χ0v) is 13.6. The highest BCUT2D eigenvalue weighted by atomic mass is 16.5. The fourth-order valence-electron chi connectivity index (χ4n) is 2.23. The van der Waals surface area contributed by atoms with Crippen molar-refractivity contribution in [1.29, 1.82) is 0 Å². The fourth-order valence-corrected chi connectivity index (χ4v) is 2.23. The summed E-state index contributed by atoms with van der Waals surface area (Å²) in [7, 11) is 1.52. The largest absolute Gasteiger partial charge is 0.497 e. The van der Waals surface area contributed by atoms with E-state index in [0.29, 0.717) is 28.6 Å². The van der Waals surface area contributed by atoms with Gasteiger partial charge in [-0.3, -0.25) is 14.7 Å². The van der Waals surface area contributed by atoms with E-state index in [4.69, 9.17) is 9.15 Å². The van der Waals surface area contributed by atoms with Gasteiger partial charge in [0.05, 0.1) is 24.7 Å². The first kappa shape index (κ1) is 16.3. The van der Waals surface area contributed by atoms with E-state index in [1.807, 2.05) is 0 Å². The van der Waals surface area contributed by atoms with Crippen molar-refractivity contribution in [3.8, 4) is 17.2 Å². The lowest BCUT2D eigenvalue weighted by Crippen LogP contribution is -2.15. The van der Waals surface area contributed by atoms with Gasteiger partial charge in [-0.25, -0.2) is 0 Å². The first-order chi connectivity index (χ1) is 12.1. The summed E-state index contributed by atoms with van der Waals surface area (Å²) in [6, 6.07) is 10.0. The van der Waals surface area contributed by atoms with Crippen molar-refractivity contribution in [3.63, 3.8) is 0 Å². The SMILES string of the molecule is COc1ccc(NC(C)=O)c(NC(=O)c2cc(-c3ccco3)[nH]n2)c1. The first-order valence-corrected chi connectivity index (χ1v) is 7.43. The molecule has 0 radical (unpaired) electrons. The minimum absolute atomic E-state index is 0.183. The van der Waals surface area contributed by atoms with E-state index >= 15 is 0 Å². The van der Waals surface area contributed by atoms with Crippen LogP contribution in [0.3, 0.4) is 0 Å². The molecule has 0 fully saturated rings. The molecule has 0 aliphatic carbocycles. The highest BCUT2D eigenvalue weighted by molar-refractivity contribution is 6.06. The van der Waals surface area contributed by atoms with Crippen molar-refractivity contribution in [1.82, 2.24) is 10.2 Å². The predicted octanol–water partition coefficient (Wildman–Crippen LogP) is 2.89. The second-order valence-corrected chi connectivity index (χ2v) is 5.19. The Labute approximate surface area is 143 Å². The Balaban J connectivity index is 1.83. The molecule has 3 aromatic rings. The molecule has 0 saturated carbocycles. The molecular weight excluding hydrogens is 324 g/mol. The number of aromatic nitrogens is 2. The molecule has 0 aliphatic rings. The number of methoxy groups -OCH3 is 1. The zero-order valence-electron chi connectivity index (χ0n) is 13.6. The van der Waals surface area contributed by atoms with Gasteiger partial charge in [-0.2, -0.15) is 5.10 Å². The number of nitrogens with zero attached hydrogens (tertiary/aromatic N) is 1. The molecule has 0 spiro atoms. The van der Waals surface area contributed by atoms with Crippen LogP contribution in [0.5, 0.6) is 5.75 Å². The minimum Gasteiger partial charge on any atom is -0.497 e. The third-order valence-electron chi connectivity index (χ3n) is 3.38. The third-order valence-corrected chi connectivity index (χ3v) is 3.38. The maximum atomic E-state index is 12.5. The molecule has 0 unspecified atom stereocenters. The van der Waals surface area contributed by atoms with Crippen LogP contribution in [-0.2, 0) is 4.79 Å². The van der Waals surface area contributed by atoms with Gasteiger partial charge in [-0.1, -0.05) is 0 Å². The van der Waals surface area contributed by atoms with Crippen LogP contribution in [0.1, 0.15) is 17.4 Å². The maximum absolute atomic E-state index is 12.5. The Kier molecular flexibility index (Phi) is 4.51.